The Morgan fingerprint density at radius 1 is 1.67 bits per heavy atom. The van der Waals surface area contributed by atoms with Crippen molar-refractivity contribution in [3.05, 3.63) is 10.1 Å². The summed E-state index contributed by atoms with van der Waals surface area (Å²) in [5.41, 5.74) is 0. The third kappa shape index (κ3) is 6.59. The van der Waals surface area contributed by atoms with Gasteiger partial charge in [0.15, 0.2) is 0 Å². The molecule has 0 aliphatic carbocycles. The van der Waals surface area contributed by atoms with Gasteiger partial charge in [-0.1, -0.05) is 0 Å². The van der Waals surface area contributed by atoms with Crippen LogP contribution >= 0.6 is 0 Å². The van der Waals surface area contributed by atoms with Gasteiger partial charge in [0.1, 0.15) is 6.61 Å². The van der Waals surface area contributed by atoms with E-state index in [1.54, 1.807) is 6.92 Å². The van der Waals surface area contributed by atoms with Crippen LogP contribution in [0.5, 0.6) is 0 Å². The van der Waals surface area contributed by atoms with E-state index in [1.807, 2.05) is 0 Å². The third-order valence-electron chi connectivity index (χ3n) is 0.844. The van der Waals surface area contributed by atoms with E-state index >= 15 is 0 Å². The van der Waals surface area contributed by atoms with Crippen molar-refractivity contribution in [1.82, 2.24) is 5.32 Å². The van der Waals surface area contributed by atoms with Gasteiger partial charge in [0.2, 0.25) is 0 Å². The first-order valence-electron chi connectivity index (χ1n) is 3.34. The van der Waals surface area contributed by atoms with E-state index in [2.05, 4.69) is 14.9 Å². The topological polar surface area (TPSA) is 90.7 Å². The molecule has 0 aliphatic heterocycles. The van der Waals surface area contributed by atoms with Crippen molar-refractivity contribution in [3.63, 3.8) is 0 Å². The molecule has 1 N–H and O–H groups in total. The number of alkyl carbamates (subject to hydrolysis) is 1. The average Bonchev–Trinajstić information content (AvgIpc) is 1.98. The van der Waals surface area contributed by atoms with Gasteiger partial charge in [-0.3, -0.25) is 0 Å². The fourth-order valence-electron chi connectivity index (χ4n) is 0.455. The zero-order valence-electron chi connectivity index (χ0n) is 6.61. The van der Waals surface area contributed by atoms with Crippen LogP contribution in [-0.2, 0) is 9.57 Å². The van der Waals surface area contributed by atoms with Crippen LogP contribution in [0.1, 0.15) is 6.92 Å². The molecule has 0 saturated heterocycles. The second-order valence-corrected chi connectivity index (χ2v) is 1.70. The Labute approximate surface area is 68.7 Å². The highest BCUT2D eigenvalue weighted by atomic mass is 16.9. The molecule has 0 heterocycles. The van der Waals surface area contributed by atoms with Crippen LogP contribution in [0, 0.1) is 10.1 Å². The molecule has 0 aromatic carbocycles. The maximum Gasteiger partial charge on any atom is 0.407 e. The zero-order valence-corrected chi connectivity index (χ0v) is 6.61. The first-order valence-corrected chi connectivity index (χ1v) is 3.34. The lowest BCUT2D eigenvalue weighted by Gasteiger charge is -2.03. The molecule has 0 unspecified atom stereocenters. The van der Waals surface area contributed by atoms with Crippen molar-refractivity contribution in [1.29, 1.82) is 0 Å². The quantitative estimate of drug-likeness (QED) is 0.362. The molecule has 0 atom stereocenters. The van der Waals surface area contributed by atoms with E-state index in [0.717, 1.165) is 0 Å². The SMILES string of the molecule is CCOC(=O)NCCO[N+](=O)[O-]. The first-order chi connectivity index (χ1) is 5.66. The minimum Gasteiger partial charge on any atom is -0.450 e. The van der Waals surface area contributed by atoms with Crippen molar-refractivity contribution in [2.24, 2.45) is 0 Å². The number of nitrogens with one attached hydrogen (secondary N) is 1. The van der Waals surface area contributed by atoms with Gasteiger partial charge in [-0.15, -0.1) is 10.1 Å². The highest BCUT2D eigenvalue weighted by molar-refractivity contribution is 5.66. The number of hydrogen-bond acceptors (Lipinski definition) is 5. The largest absolute Gasteiger partial charge is 0.450 e. The van der Waals surface area contributed by atoms with Crippen molar-refractivity contribution >= 4 is 6.09 Å². The lowest BCUT2D eigenvalue weighted by Crippen LogP contribution is -2.28. The van der Waals surface area contributed by atoms with Gasteiger partial charge in [-0.05, 0) is 6.92 Å². The number of carbonyl (C=O) groups is 1. The van der Waals surface area contributed by atoms with Gasteiger partial charge in [-0.2, -0.15) is 0 Å². The maximum atomic E-state index is 10.5. The lowest BCUT2D eigenvalue weighted by atomic mass is 10.7. The van der Waals surface area contributed by atoms with Gasteiger partial charge in [-0.25, -0.2) is 4.79 Å². The number of nitrogens with zero attached hydrogens (tertiary/aromatic N) is 1. The van der Waals surface area contributed by atoms with E-state index in [9.17, 15) is 14.9 Å². The summed E-state index contributed by atoms with van der Waals surface area (Å²) >= 11 is 0. The van der Waals surface area contributed by atoms with Crippen LogP contribution in [0.25, 0.3) is 0 Å². The molecule has 0 saturated carbocycles. The zero-order chi connectivity index (χ0) is 9.40. The summed E-state index contributed by atoms with van der Waals surface area (Å²) in [6.07, 6.45) is -0.607. The van der Waals surface area contributed by atoms with Crippen LogP contribution in [0.15, 0.2) is 0 Å². The van der Waals surface area contributed by atoms with Crippen LogP contribution in [0.2, 0.25) is 0 Å². The van der Waals surface area contributed by atoms with Gasteiger partial charge < -0.3 is 14.9 Å². The second kappa shape index (κ2) is 6.20. The number of rotatable bonds is 5. The van der Waals surface area contributed by atoms with Crippen LogP contribution in [0.3, 0.4) is 0 Å². The second-order valence-electron chi connectivity index (χ2n) is 1.70. The first kappa shape index (κ1) is 10.5. The van der Waals surface area contributed by atoms with Crippen LogP contribution in [0.4, 0.5) is 4.79 Å². The molecule has 0 rings (SSSR count). The number of ether oxygens (including phenoxy) is 1. The molecule has 7 heteroatoms. The monoisotopic (exact) mass is 178 g/mol. The Morgan fingerprint density at radius 2 is 2.33 bits per heavy atom. The van der Waals surface area contributed by atoms with Crippen molar-refractivity contribution < 1.29 is 19.5 Å². The minimum atomic E-state index is -0.924. The molecule has 7 nitrogen and oxygen atoms in total. The van der Waals surface area contributed by atoms with Crippen molar-refractivity contribution in [3.8, 4) is 0 Å². The Bertz CT molecular complexity index is 160. The summed E-state index contributed by atoms with van der Waals surface area (Å²) < 4.78 is 4.47. The Kier molecular flexibility index (Phi) is 5.41. The molecule has 0 radical (unpaired) electrons. The van der Waals surface area contributed by atoms with Crippen LogP contribution in [-0.4, -0.2) is 30.9 Å². The van der Waals surface area contributed by atoms with Crippen LogP contribution < -0.4 is 5.32 Å². The summed E-state index contributed by atoms with van der Waals surface area (Å²) in [6, 6.07) is 0. The highest BCUT2D eigenvalue weighted by Gasteiger charge is 1.99. The summed E-state index contributed by atoms with van der Waals surface area (Å²) in [5.74, 6) is 0. The number of carbonyl (C=O) groups excluding carboxylic acids is 1. The number of amides is 1. The summed E-state index contributed by atoms with van der Waals surface area (Å²) in [6.45, 7) is 1.81. The van der Waals surface area contributed by atoms with Gasteiger partial charge in [0, 0.05) is 6.54 Å². The maximum absolute atomic E-state index is 10.5. The van der Waals surface area contributed by atoms with Gasteiger partial charge in [0.25, 0.3) is 5.09 Å². The molecule has 0 aromatic rings. The van der Waals surface area contributed by atoms with E-state index in [1.165, 1.54) is 0 Å². The molecule has 0 bridgehead atoms. The minimum absolute atomic E-state index is 0.0554. The Morgan fingerprint density at radius 3 is 2.83 bits per heavy atom. The molecular formula is C5H10N2O5. The summed E-state index contributed by atoms with van der Waals surface area (Å²) in [7, 11) is 0. The van der Waals surface area contributed by atoms with E-state index in [0.29, 0.717) is 0 Å². The van der Waals surface area contributed by atoms with E-state index < -0.39 is 11.2 Å². The van der Waals surface area contributed by atoms with E-state index in [4.69, 9.17) is 0 Å². The molecule has 1 amide bonds. The van der Waals surface area contributed by atoms with Gasteiger partial charge in [0.05, 0.1) is 6.61 Å². The standard InChI is InChI=1S/C5H10N2O5/c1-2-11-5(8)6-3-4-12-7(9)10/h2-4H2,1H3,(H,6,8). The Hall–Kier alpha value is -1.53. The predicted molar refractivity (Wildman–Crippen MR) is 38.0 cm³/mol. The molecule has 70 valence electrons. The van der Waals surface area contributed by atoms with Crippen molar-refractivity contribution in [2.45, 2.75) is 6.92 Å². The summed E-state index contributed by atoms with van der Waals surface area (Å²) in [4.78, 5) is 24.1. The fourth-order valence-corrected chi connectivity index (χ4v) is 0.455. The highest BCUT2D eigenvalue weighted by Crippen LogP contribution is 1.77. The predicted octanol–water partition coefficient (Wildman–Crippen LogP) is -0.0592. The molecule has 0 fully saturated rings. The molecular weight excluding hydrogens is 168 g/mol. The molecule has 0 spiro atoms. The normalized spacial score (nSPS) is 8.75. The molecule has 12 heavy (non-hydrogen) atoms. The smallest absolute Gasteiger partial charge is 0.407 e. The fraction of sp³-hybridized carbons (Fsp3) is 0.800. The lowest BCUT2D eigenvalue weighted by molar-refractivity contribution is -0.757. The Balaban J connectivity index is 3.19. The summed E-state index contributed by atoms with van der Waals surface area (Å²) in [5, 5.41) is 10.9. The average molecular weight is 178 g/mol. The number of hydrogen-bond donors (Lipinski definition) is 1. The third-order valence-corrected chi connectivity index (χ3v) is 0.844. The molecule has 0 aromatic heterocycles. The molecule has 0 aliphatic rings. The van der Waals surface area contributed by atoms with Crippen molar-refractivity contribution in [2.75, 3.05) is 19.8 Å². The van der Waals surface area contributed by atoms with Gasteiger partial charge >= 0.3 is 6.09 Å². The van der Waals surface area contributed by atoms with E-state index in [-0.39, 0.29) is 19.8 Å².